The fourth-order valence-electron chi connectivity index (χ4n) is 3.47. The summed E-state index contributed by atoms with van der Waals surface area (Å²) in [6.07, 6.45) is 0.728. The van der Waals surface area contributed by atoms with Gasteiger partial charge in [0, 0.05) is 21.9 Å². The highest BCUT2D eigenvalue weighted by atomic mass is 79.9. The van der Waals surface area contributed by atoms with Crippen LogP contribution >= 0.6 is 27.3 Å². The molecule has 0 aliphatic heterocycles. The van der Waals surface area contributed by atoms with Crippen molar-refractivity contribution in [2.24, 2.45) is 0 Å². The van der Waals surface area contributed by atoms with Gasteiger partial charge in [-0.1, -0.05) is 31.2 Å². The SMILES string of the molecule is CCC(C)N(CC(=O)N(Cc1ccc(F)cc1)Cc1sccc1C)C(=O)c1ccccc1Br. The van der Waals surface area contributed by atoms with Crippen molar-refractivity contribution in [2.75, 3.05) is 6.54 Å². The quantitative estimate of drug-likeness (QED) is 0.320. The van der Waals surface area contributed by atoms with Crippen molar-refractivity contribution in [2.45, 2.75) is 46.3 Å². The van der Waals surface area contributed by atoms with Gasteiger partial charge in [-0.2, -0.15) is 0 Å². The Morgan fingerprint density at radius 3 is 2.36 bits per heavy atom. The average Bonchev–Trinajstić information content (AvgIpc) is 3.22. The van der Waals surface area contributed by atoms with Crippen LogP contribution in [0.25, 0.3) is 0 Å². The Bertz CT molecular complexity index is 1100. The van der Waals surface area contributed by atoms with E-state index in [2.05, 4.69) is 15.9 Å². The lowest BCUT2D eigenvalue weighted by atomic mass is 10.1. The van der Waals surface area contributed by atoms with E-state index in [1.54, 1.807) is 39.3 Å². The van der Waals surface area contributed by atoms with Crippen molar-refractivity contribution in [1.29, 1.82) is 0 Å². The minimum Gasteiger partial charge on any atom is -0.332 e. The van der Waals surface area contributed by atoms with Gasteiger partial charge < -0.3 is 9.80 Å². The predicted octanol–water partition coefficient (Wildman–Crippen LogP) is 6.43. The van der Waals surface area contributed by atoms with E-state index in [-0.39, 0.29) is 30.2 Å². The summed E-state index contributed by atoms with van der Waals surface area (Å²) in [7, 11) is 0. The smallest absolute Gasteiger partial charge is 0.255 e. The molecule has 1 unspecified atom stereocenters. The van der Waals surface area contributed by atoms with E-state index in [0.29, 0.717) is 23.1 Å². The van der Waals surface area contributed by atoms with Crippen LogP contribution in [0.3, 0.4) is 0 Å². The van der Waals surface area contributed by atoms with Gasteiger partial charge in [-0.25, -0.2) is 4.39 Å². The zero-order valence-corrected chi connectivity index (χ0v) is 21.5. The van der Waals surface area contributed by atoms with Gasteiger partial charge in [0.15, 0.2) is 0 Å². The number of carbonyl (C=O) groups is 2. The van der Waals surface area contributed by atoms with Crippen molar-refractivity contribution in [3.63, 3.8) is 0 Å². The topological polar surface area (TPSA) is 40.6 Å². The highest BCUT2D eigenvalue weighted by molar-refractivity contribution is 9.10. The zero-order chi connectivity index (χ0) is 24.0. The minimum absolute atomic E-state index is 0.0270. The molecule has 1 atom stereocenters. The lowest BCUT2D eigenvalue weighted by molar-refractivity contribution is -0.133. The number of rotatable bonds is 9. The van der Waals surface area contributed by atoms with Crippen LogP contribution < -0.4 is 0 Å². The molecule has 2 amide bonds. The molecular formula is C26H28BrFN2O2S. The van der Waals surface area contributed by atoms with Gasteiger partial charge in [0.2, 0.25) is 5.91 Å². The van der Waals surface area contributed by atoms with Crippen molar-refractivity contribution in [3.8, 4) is 0 Å². The minimum atomic E-state index is -0.312. The molecule has 1 heterocycles. The monoisotopic (exact) mass is 530 g/mol. The maximum atomic E-state index is 13.6. The van der Waals surface area contributed by atoms with Gasteiger partial charge in [-0.15, -0.1) is 11.3 Å². The van der Waals surface area contributed by atoms with Crippen LogP contribution in [0.4, 0.5) is 4.39 Å². The van der Waals surface area contributed by atoms with E-state index in [1.807, 2.05) is 50.4 Å². The number of amides is 2. The molecule has 2 aromatic carbocycles. The molecule has 1 aromatic heterocycles. The maximum absolute atomic E-state index is 13.6. The first-order valence-corrected chi connectivity index (χ1v) is 12.6. The predicted molar refractivity (Wildman–Crippen MR) is 135 cm³/mol. The summed E-state index contributed by atoms with van der Waals surface area (Å²) in [6.45, 7) is 6.73. The third-order valence-electron chi connectivity index (χ3n) is 5.74. The molecule has 0 saturated heterocycles. The molecule has 3 aromatic rings. The zero-order valence-electron chi connectivity index (χ0n) is 19.1. The third-order valence-corrected chi connectivity index (χ3v) is 7.43. The summed E-state index contributed by atoms with van der Waals surface area (Å²) in [5.74, 6) is -0.639. The highest BCUT2D eigenvalue weighted by Gasteiger charge is 2.27. The normalized spacial score (nSPS) is 11.8. The number of nitrogens with zero attached hydrogens (tertiary/aromatic N) is 2. The summed E-state index contributed by atoms with van der Waals surface area (Å²) < 4.78 is 14.1. The second-order valence-corrected chi connectivity index (χ2v) is 9.93. The van der Waals surface area contributed by atoms with Gasteiger partial charge in [-0.3, -0.25) is 9.59 Å². The second kappa shape index (κ2) is 11.6. The molecule has 7 heteroatoms. The van der Waals surface area contributed by atoms with Crippen molar-refractivity contribution in [1.82, 2.24) is 9.80 Å². The Morgan fingerprint density at radius 2 is 1.76 bits per heavy atom. The summed E-state index contributed by atoms with van der Waals surface area (Å²) in [6, 6.07) is 15.4. The molecule has 0 aliphatic rings. The first kappa shape index (κ1) is 25.1. The fourth-order valence-corrected chi connectivity index (χ4v) is 4.84. The van der Waals surface area contributed by atoms with E-state index < -0.39 is 0 Å². The molecule has 0 fully saturated rings. The number of benzene rings is 2. The van der Waals surface area contributed by atoms with Gasteiger partial charge in [-0.05, 0) is 83.0 Å². The first-order chi connectivity index (χ1) is 15.8. The van der Waals surface area contributed by atoms with E-state index >= 15 is 0 Å². The number of carbonyl (C=O) groups excluding carboxylic acids is 2. The van der Waals surface area contributed by atoms with Crippen LogP contribution in [-0.2, 0) is 17.9 Å². The molecule has 0 N–H and O–H groups in total. The molecule has 174 valence electrons. The molecule has 0 spiro atoms. The standard InChI is InChI=1S/C26H28BrFN2O2S/c1-4-19(3)30(26(32)22-7-5-6-8-23(22)27)17-25(31)29(16-24-18(2)13-14-33-24)15-20-9-11-21(28)12-10-20/h5-14,19H,4,15-17H2,1-3H3. The molecule has 0 saturated carbocycles. The Morgan fingerprint density at radius 1 is 1.06 bits per heavy atom. The highest BCUT2D eigenvalue weighted by Crippen LogP contribution is 2.22. The largest absolute Gasteiger partial charge is 0.332 e. The summed E-state index contributed by atoms with van der Waals surface area (Å²) in [4.78, 5) is 31.4. The number of aryl methyl sites for hydroxylation is 1. The van der Waals surface area contributed by atoms with Crippen LogP contribution in [0.15, 0.2) is 64.5 Å². The Labute approximate surface area is 207 Å². The molecule has 0 bridgehead atoms. The van der Waals surface area contributed by atoms with Crippen LogP contribution in [0.1, 0.15) is 46.6 Å². The molecular weight excluding hydrogens is 503 g/mol. The molecule has 3 rings (SSSR count). The van der Waals surface area contributed by atoms with Crippen molar-refractivity contribution in [3.05, 3.63) is 91.8 Å². The second-order valence-electron chi connectivity index (χ2n) is 8.07. The summed E-state index contributed by atoms with van der Waals surface area (Å²) >= 11 is 5.06. The van der Waals surface area contributed by atoms with Gasteiger partial charge in [0.05, 0.1) is 12.1 Å². The molecule has 0 aliphatic carbocycles. The number of hydrogen-bond donors (Lipinski definition) is 0. The first-order valence-electron chi connectivity index (χ1n) is 10.9. The maximum Gasteiger partial charge on any atom is 0.255 e. The average molecular weight is 531 g/mol. The van der Waals surface area contributed by atoms with Crippen LogP contribution in [0.5, 0.6) is 0 Å². The Hall–Kier alpha value is -2.51. The number of thiophene rings is 1. The van der Waals surface area contributed by atoms with Crippen molar-refractivity contribution < 1.29 is 14.0 Å². The van der Waals surface area contributed by atoms with Crippen molar-refractivity contribution >= 4 is 39.1 Å². The van der Waals surface area contributed by atoms with E-state index in [0.717, 1.165) is 22.4 Å². The Balaban J connectivity index is 1.87. The molecule has 33 heavy (non-hydrogen) atoms. The number of hydrogen-bond acceptors (Lipinski definition) is 3. The lowest BCUT2D eigenvalue weighted by Crippen LogP contribution is -2.46. The van der Waals surface area contributed by atoms with E-state index in [4.69, 9.17) is 0 Å². The number of halogens is 2. The van der Waals surface area contributed by atoms with Crippen LogP contribution in [0.2, 0.25) is 0 Å². The van der Waals surface area contributed by atoms with Gasteiger partial charge in [0.1, 0.15) is 12.4 Å². The van der Waals surface area contributed by atoms with Crippen LogP contribution in [-0.4, -0.2) is 34.2 Å². The third kappa shape index (κ3) is 6.51. The van der Waals surface area contributed by atoms with E-state index in [1.165, 1.54) is 12.1 Å². The lowest BCUT2D eigenvalue weighted by Gasteiger charge is -2.31. The fraction of sp³-hybridized carbons (Fsp3) is 0.308. The Kier molecular flexibility index (Phi) is 8.80. The summed E-state index contributed by atoms with van der Waals surface area (Å²) in [5, 5.41) is 2.01. The summed E-state index contributed by atoms with van der Waals surface area (Å²) in [5.41, 5.74) is 2.50. The van der Waals surface area contributed by atoms with Gasteiger partial charge in [0.25, 0.3) is 5.91 Å². The molecule has 0 radical (unpaired) electrons. The van der Waals surface area contributed by atoms with E-state index in [9.17, 15) is 14.0 Å². The van der Waals surface area contributed by atoms with Gasteiger partial charge >= 0.3 is 0 Å². The van der Waals surface area contributed by atoms with Crippen LogP contribution in [0, 0.1) is 12.7 Å². The molecule has 4 nitrogen and oxygen atoms in total.